The summed E-state index contributed by atoms with van der Waals surface area (Å²) in [5, 5.41) is 18.5. The van der Waals surface area contributed by atoms with Crippen LogP contribution in [-0.4, -0.2) is 127 Å². The van der Waals surface area contributed by atoms with E-state index in [-0.39, 0.29) is 107 Å². The standard InChI is InChI=1S/C46H54ClF2N5O16S/c1-30-33(17-18-50-43(30)65-22-7-23-68-46(57)67-20-3-5-25-70-54(60)61)27-51(34-13-14-34)44(55)40-36(32-11-9-31(10-12-32)8-6-21-64-42-38(49)16-15-37(48)41(42)47)26-35-28-71(62,63)29-39(40)52(35)45(56)66-19-2-4-24-69-53(58)59/h9-12,15-18,34-35,39H,2-8,13-14,19-29H2,1H3. The number of fused-ring (bicyclic) bond motifs is 2. The van der Waals surface area contributed by atoms with E-state index in [0.717, 1.165) is 17.7 Å². The lowest BCUT2D eigenvalue weighted by Crippen LogP contribution is -2.61. The number of benzene rings is 2. The van der Waals surface area contributed by atoms with E-state index in [1.54, 1.807) is 17.9 Å². The Morgan fingerprint density at radius 3 is 2.08 bits per heavy atom. The van der Waals surface area contributed by atoms with Crippen molar-refractivity contribution in [2.45, 2.75) is 95.8 Å². The van der Waals surface area contributed by atoms with E-state index in [1.165, 1.54) is 11.1 Å². The highest BCUT2D eigenvalue weighted by Gasteiger charge is 2.51. The Kier molecular flexibility index (Phi) is 19.3. The number of hydrogen-bond donors (Lipinski definition) is 0. The summed E-state index contributed by atoms with van der Waals surface area (Å²) >= 11 is 5.90. The monoisotopic (exact) mass is 1040 g/mol. The van der Waals surface area contributed by atoms with Crippen LogP contribution in [0.25, 0.3) is 5.57 Å². The molecule has 3 aromatic rings. The molecule has 2 aliphatic heterocycles. The molecule has 6 rings (SSSR count). The Bertz CT molecular complexity index is 2540. The van der Waals surface area contributed by atoms with Gasteiger partial charge >= 0.3 is 12.2 Å². The Labute approximate surface area is 412 Å². The smallest absolute Gasteiger partial charge is 0.489 e. The maximum Gasteiger partial charge on any atom is 0.508 e. The maximum atomic E-state index is 15.3. The Hall–Kier alpha value is -6.56. The van der Waals surface area contributed by atoms with Crippen LogP contribution in [0.5, 0.6) is 11.6 Å². The van der Waals surface area contributed by atoms with Crippen LogP contribution in [0.1, 0.15) is 80.0 Å². The fourth-order valence-electron chi connectivity index (χ4n) is 8.19. The first kappa shape index (κ1) is 53.8. The molecular weight excluding hydrogens is 984 g/mol. The van der Waals surface area contributed by atoms with Crippen LogP contribution >= 0.6 is 11.6 Å². The van der Waals surface area contributed by atoms with Crippen LogP contribution in [0.3, 0.4) is 0 Å². The molecule has 3 heterocycles. The van der Waals surface area contributed by atoms with Crippen LogP contribution in [0.2, 0.25) is 5.02 Å². The normalized spacial score (nSPS) is 16.9. The highest BCUT2D eigenvalue weighted by atomic mass is 35.5. The Balaban J connectivity index is 1.18. The third-order valence-electron chi connectivity index (χ3n) is 11.8. The second-order valence-electron chi connectivity index (χ2n) is 16.9. The molecule has 1 aliphatic carbocycles. The molecular formula is C46H54ClF2N5O16S. The van der Waals surface area contributed by atoms with Gasteiger partial charge in [-0.2, -0.15) is 0 Å². The van der Waals surface area contributed by atoms with Crippen LogP contribution in [-0.2, 0) is 51.5 Å². The summed E-state index contributed by atoms with van der Waals surface area (Å²) in [5.74, 6) is -3.07. The van der Waals surface area contributed by atoms with E-state index < -0.39 is 72.7 Å². The van der Waals surface area contributed by atoms with Crippen LogP contribution in [0.4, 0.5) is 18.4 Å². The topological polar surface area (TPSA) is 256 Å². The molecule has 2 fully saturated rings. The summed E-state index contributed by atoms with van der Waals surface area (Å²) in [7, 11) is -3.78. The molecule has 3 aliphatic rings. The minimum atomic E-state index is -3.78. The number of unbranched alkanes of at least 4 members (excludes halogenated alkanes) is 2. The predicted molar refractivity (Wildman–Crippen MR) is 247 cm³/mol. The lowest BCUT2D eigenvalue weighted by atomic mass is 9.84. The first-order valence-electron chi connectivity index (χ1n) is 23.0. The average Bonchev–Trinajstić information content (AvgIpc) is 4.17. The van der Waals surface area contributed by atoms with Gasteiger partial charge < -0.3 is 38.3 Å². The van der Waals surface area contributed by atoms with E-state index >= 15 is 4.79 Å². The summed E-state index contributed by atoms with van der Waals surface area (Å²) in [6.45, 7) is 1.53. The van der Waals surface area contributed by atoms with Gasteiger partial charge in [-0.05, 0) is 105 Å². The maximum absolute atomic E-state index is 15.3. The van der Waals surface area contributed by atoms with Gasteiger partial charge in [-0.15, -0.1) is 20.2 Å². The van der Waals surface area contributed by atoms with Crippen molar-refractivity contribution in [1.29, 1.82) is 0 Å². The van der Waals surface area contributed by atoms with Crippen molar-refractivity contribution in [1.82, 2.24) is 14.8 Å². The van der Waals surface area contributed by atoms with Gasteiger partial charge in [-0.3, -0.25) is 9.69 Å². The number of rotatable bonds is 27. The quantitative estimate of drug-likeness (QED) is 0.0241. The number of hydrogen-bond acceptors (Lipinski definition) is 17. The fraction of sp³-hybridized carbons (Fsp3) is 0.522. The summed E-state index contributed by atoms with van der Waals surface area (Å²) < 4.78 is 82.3. The lowest BCUT2D eigenvalue weighted by molar-refractivity contribution is -0.757. The molecule has 1 saturated carbocycles. The predicted octanol–water partition coefficient (Wildman–Crippen LogP) is 7.19. The van der Waals surface area contributed by atoms with Crippen molar-refractivity contribution < 1.29 is 75.1 Å². The molecule has 25 heteroatoms. The fourth-order valence-corrected chi connectivity index (χ4v) is 10.2. The van der Waals surface area contributed by atoms with Gasteiger partial charge in [0.1, 0.15) is 10.8 Å². The Morgan fingerprint density at radius 1 is 0.803 bits per heavy atom. The molecule has 0 spiro atoms. The molecule has 2 aromatic carbocycles. The largest absolute Gasteiger partial charge is 0.508 e. The third kappa shape index (κ3) is 15.5. The van der Waals surface area contributed by atoms with Crippen molar-refractivity contribution in [2.75, 3.05) is 57.8 Å². The number of carbonyl (C=O) groups is 3. The molecule has 386 valence electrons. The van der Waals surface area contributed by atoms with Gasteiger partial charge in [0.15, 0.2) is 21.4 Å². The zero-order valence-corrected chi connectivity index (χ0v) is 40.4. The number of aromatic nitrogens is 1. The molecule has 2 amide bonds. The minimum absolute atomic E-state index is 0.00202. The number of amides is 2. The van der Waals surface area contributed by atoms with Gasteiger partial charge in [0.2, 0.25) is 5.88 Å². The Morgan fingerprint density at radius 2 is 1.42 bits per heavy atom. The molecule has 2 bridgehead atoms. The molecule has 1 saturated heterocycles. The van der Waals surface area contributed by atoms with E-state index in [0.29, 0.717) is 60.8 Å². The summed E-state index contributed by atoms with van der Waals surface area (Å²) in [4.78, 5) is 77.9. The van der Waals surface area contributed by atoms with E-state index in [9.17, 15) is 47.0 Å². The highest BCUT2D eigenvalue weighted by Crippen LogP contribution is 2.42. The zero-order chi connectivity index (χ0) is 51.1. The van der Waals surface area contributed by atoms with Crippen molar-refractivity contribution in [3.63, 3.8) is 0 Å². The van der Waals surface area contributed by atoms with Crippen molar-refractivity contribution in [3.8, 4) is 11.6 Å². The van der Waals surface area contributed by atoms with E-state index in [4.69, 9.17) is 35.3 Å². The molecule has 0 radical (unpaired) electrons. The van der Waals surface area contributed by atoms with Gasteiger partial charge in [-0.1, -0.05) is 35.9 Å². The van der Waals surface area contributed by atoms with Crippen molar-refractivity contribution >= 4 is 45.2 Å². The second kappa shape index (κ2) is 25.5. The number of carbonyl (C=O) groups excluding carboxylic acids is 3. The van der Waals surface area contributed by atoms with Gasteiger partial charge in [0.25, 0.3) is 16.1 Å². The minimum Gasteiger partial charge on any atom is -0.489 e. The summed E-state index contributed by atoms with van der Waals surface area (Å²) in [6.07, 6.45) is 3.43. The number of aryl methyl sites for hydroxylation is 1. The van der Waals surface area contributed by atoms with Gasteiger partial charge in [0.05, 0.1) is 69.8 Å². The lowest BCUT2D eigenvalue weighted by Gasteiger charge is -2.47. The molecule has 71 heavy (non-hydrogen) atoms. The van der Waals surface area contributed by atoms with Gasteiger partial charge in [0, 0.05) is 36.3 Å². The number of pyridine rings is 1. The number of nitrogens with zero attached hydrogens (tertiary/aromatic N) is 5. The summed E-state index contributed by atoms with van der Waals surface area (Å²) in [5.41, 5.74) is 3.52. The summed E-state index contributed by atoms with van der Waals surface area (Å²) in [6, 6.07) is 8.60. The molecule has 2 unspecified atom stereocenters. The SMILES string of the molecule is Cc1c(CN(C(=O)C2=C(c3ccc(CCCOc4c(F)ccc(F)c4Cl)cc3)CC3CS(=O)(=O)CC2N3C(=O)OCCCCO[N+](=O)[O-])C2CC2)ccnc1OCCCOC(=O)OCCCCO[N+](=O)[O-]. The van der Waals surface area contributed by atoms with Crippen LogP contribution in [0.15, 0.2) is 54.2 Å². The van der Waals surface area contributed by atoms with Gasteiger partial charge in [-0.25, -0.2) is 31.8 Å². The molecule has 2 atom stereocenters. The number of halogens is 3. The van der Waals surface area contributed by atoms with E-state index in [2.05, 4.69) is 14.7 Å². The van der Waals surface area contributed by atoms with Crippen molar-refractivity contribution in [3.05, 3.63) is 113 Å². The van der Waals surface area contributed by atoms with E-state index in [1.807, 2.05) is 24.3 Å². The number of ether oxygens (including phenoxy) is 5. The second-order valence-corrected chi connectivity index (χ2v) is 19.5. The first-order valence-corrected chi connectivity index (χ1v) is 25.2. The molecule has 1 aromatic heterocycles. The molecule has 0 N–H and O–H groups in total. The van der Waals surface area contributed by atoms with Crippen LogP contribution < -0.4 is 9.47 Å². The van der Waals surface area contributed by atoms with Crippen LogP contribution in [0, 0.1) is 38.8 Å². The first-order chi connectivity index (χ1) is 34.0. The number of sulfone groups is 1. The highest BCUT2D eigenvalue weighted by molar-refractivity contribution is 7.91. The average molecular weight is 1040 g/mol. The van der Waals surface area contributed by atoms with Crippen molar-refractivity contribution in [2.24, 2.45) is 0 Å². The zero-order valence-electron chi connectivity index (χ0n) is 38.8. The third-order valence-corrected chi connectivity index (χ3v) is 13.9. The molecule has 21 nitrogen and oxygen atoms in total.